The van der Waals surface area contributed by atoms with Crippen LogP contribution in [0.3, 0.4) is 0 Å². The minimum absolute atomic E-state index is 0.0728. The molecule has 9 heteroatoms. The summed E-state index contributed by atoms with van der Waals surface area (Å²) in [7, 11) is 1.71. The lowest BCUT2D eigenvalue weighted by Crippen LogP contribution is -2.14. The van der Waals surface area contributed by atoms with E-state index in [4.69, 9.17) is 0 Å². The van der Waals surface area contributed by atoms with Crippen LogP contribution in [0.1, 0.15) is 18.1 Å². The van der Waals surface area contributed by atoms with E-state index >= 15 is 0 Å². The zero-order valence-corrected chi connectivity index (χ0v) is 13.4. The summed E-state index contributed by atoms with van der Waals surface area (Å²) in [4.78, 5) is 23.1. The van der Waals surface area contributed by atoms with E-state index in [2.05, 4.69) is 15.7 Å². The molecule has 0 aliphatic rings. The zero-order chi connectivity index (χ0) is 18.6. The van der Waals surface area contributed by atoms with Crippen molar-refractivity contribution >= 4 is 29.3 Å². The van der Waals surface area contributed by atoms with E-state index < -0.39 is 23.6 Å². The molecule has 2 amide bonds. The number of carbonyl (C=O) groups is 2. The number of hydrogen-bond acceptors (Lipinski definition) is 3. The second-order valence-corrected chi connectivity index (χ2v) is 5.21. The third-order valence-corrected chi connectivity index (χ3v) is 3.07. The second-order valence-electron chi connectivity index (χ2n) is 5.21. The van der Waals surface area contributed by atoms with Crippen LogP contribution in [0.4, 0.5) is 24.5 Å². The molecule has 0 radical (unpaired) electrons. The smallest absolute Gasteiger partial charge is 0.325 e. The molecule has 0 spiro atoms. The molecular formula is C16H15F3N4O2. The van der Waals surface area contributed by atoms with Crippen LogP contribution in [0.15, 0.2) is 36.7 Å². The van der Waals surface area contributed by atoms with Gasteiger partial charge in [0.1, 0.15) is 0 Å². The van der Waals surface area contributed by atoms with Crippen molar-refractivity contribution in [1.82, 2.24) is 9.78 Å². The first-order valence-corrected chi connectivity index (χ1v) is 7.11. The standard InChI is InChI=1S/C16H15F3N4O2/c1-10(24)21-13-5-4-12(16(17,18)19)7-14(13)22-15(25)6-3-11-8-20-23(2)9-11/h3-9H,1-2H3,(H,21,24)(H,22,25). The number of carbonyl (C=O) groups excluding carboxylic acids is 2. The van der Waals surface area contributed by atoms with Crippen LogP contribution in [-0.2, 0) is 22.8 Å². The molecule has 0 fully saturated rings. The maximum absolute atomic E-state index is 12.8. The molecule has 0 saturated carbocycles. The first kappa shape index (κ1) is 18.2. The van der Waals surface area contributed by atoms with Gasteiger partial charge in [-0.3, -0.25) is 14.3 Å². The molecule has 1 aromatic heterocycles. The Morgan fingerprint density at radius 2 is 1.92 bits per heavy atom. The molecule has 0 bridgehead atoms. The summed E-state index contributed by atoms with van der Waals surface area (Å²) in [5, 5.41) is 8.64. The highest BCUT2D eigenvalue weighted by Gasteiger charge is 2.31. The summed E-state index contributed by atoms with van der Waals surface area (Å²) in [5.74, 6) is -1.11. The third-order valence-electron chi connectivity index (χ3n) is 3.07. The molecule has 132 valence electrons. The van der Waals surface area contributed by atoms with Gasteiger partial charge in [0, 0.05) is 31.8 Å². The summed E-state index contributed by atoms with van der Waals surface area (Å²) in [6.45, 7) is 1.21. The lowest BCUT2D eigenvalue weighted by Gasteiger charge is -2.14. The number of hydrogen-bond donors (Lipinski definition) is 2. The highest BCUT2D eigenvalue weighted by molar-refractivity contribution is 6.05. The number of amides is 2. The number of halogens is 3. The van der Waals surface area contributed by atoms with Crippen molar-refractivity contribution in [2.75, 3.05) is 10.6 Å². The summed E-state index contributed by atoms with van der Waals surface area (Å²) in [6.07, 6.45) is 1.25. The molecule has 2 rings (SSSR count). The summed E-state index contributed by atoms with van der Waals surface area (Å²) < 4.78 is 40.1. The fourth-order valence-corrected chi connectivity index (χ4v) is 2.00. The Hall–Kier alpha value is -3.10. The number of nitrogens with zero attached hydrogens (tertiary/aromatic N) is 2. The molecule has 0 atom stereocenters. The molecule has 1 heterocycles. The topological polar surface area (TPSA) is 76.0 Å². The van der Waals surface area contributed by atoms with E-state index in [1.807, 2.05) is 0 Å². The quantitative estimate of drug-likeness (QED) is 0.831. The Labute approximate surface area is 141 Å². The molecule has 0 aliphatic heterocycles. The highest BCUT2D eigenvalue weighted by Crippen LogP contribution is 2.34. The van der Waals surface area contributed by atoms with E-state index in [-0.39, 0.29) is 11.4 Å². The molecule has 0 unspecified atom stereocenters. The fourth-order valence-electron chi connectivity index (χ4n) is 2.00. The molecule has 1 aromatic carbocycles. The Kier molecular flexibility index (Phi) is 5.26. The normalized spacial score (nSPS) is 11.6. The third kappa shape index (κ3) is 5.20. The minimum Gasteiger partial charge on any atom is -0.325 e. The largest absolute Gasteiger partial charge is 0.416 e. The maximum Gasteiger partial charge on any atom is 0.416 e. The number of aromatic nitrogens is 2. The summed E-state index contributed by atoms with van der Waals surface area (Å²) in [5.41, 5.74) is -0.355. The number of anilines is 2. The number of benzene rings is 1. The molecule has 25 heavy (non-hydrogen) atoms. The van der Waals surface area contributed by atoms with Gasteiger partial charge in [-0.05, 0) is 24.3 Å². The van der Waals surface area contributed by atoms with E-state index in [0.717, 1.165) is 24.3 Å². The zero-order valence-electron chi connectivity index (χ0n) is 13.4. The van der Waals surface area contributed by atoms with Crippen LogP contribution >= 0.6 is 0 Å². The van der Waals surface area contributed by atoms with Crippen molar-refractivity contribution in [2.24, 2.45) is 7.05 Å². The number of aryl methyl sites for hydroxylation is 1. The van der Waals surface area contributed by atoms with Gasteiger partial charge in [-0.2, -0.15) is 18.3 Å². The van der Waals surface area contributed by atoms with Gasteiger partial charge in [-0.1, -0.05) is 0 Å². The summed E-state index contributed by atoms with van der Waals surface area (Å²) >= 11 is 0. The lowest BCUT2D eigenvalue weighted by atomic mass is 10.1. The van der Waals surface area contributed by atoms with Crippen LogP contribution in [0.25, 0.3) is 6.08 Å². The van der Waals surface area contributed by atoms with Crippen molar-refractivity contribution in [1.29, 1.82) is 0 Å². The highest BCUT2D eigenvalue weighted by atomic mass is 19.4. The van der Waals surface area contributed by atoms with Crippen molar-refractivity contribution in [3.63, 3.8) is 0 Å². The Balaban J connectivity index is 2.23. The van der Waals surface area contributed by atoms with Crippen LogP contribution < -0.4 is 10.6 Å². The predicted molar refractivity (Wildman–Crippen MR) is 86.6 cm³/mol. The van der Waals surface area contributed by atoms with Gasteiger partial charge in [-0.25, -0.2) is 0 Å². The minimum atomic E-state index is -4.57. The fraction of sp³-hybridized carbons (Fsp3) is 0.188. The molecule has 6 nitrogen and oxygen atoms in total. The first-order valence-electron chi connectivity index (χ1n) is 7.11. The number of nitrogens with one attached hydrogen (secondary N) is 2. The van der Waals surface area contributed by atoms with Gasteiger partial charge >= 0.3 is 6.18 Å². The monoisotopic (exact) mass is 352 g/mol. The Morgan fingerprint density at radius 3 is 2.48 bits per heavy atom. The lowest BCUT2D eigenvalue weighted by molar-refractivity contribution is -0.137. The Bertz CT molecular complexity index is 825. The van der Waals surface area contributed by atoms with Crippen molar-refractivity contribution in [2.45, 2.75) is 13.1 Å². The van der Waals surface area contributed by atoms with E-state index in [9.17, 15) is 22.8 Å². The van der Waals surface area contributed by atoms with Crippen molar-refractivity contribution < 1.29 is 22.8 Å². The van der Waals surface area contributed by atoms with Gasteiger partial charge in [0.25, 0.3) is 0 Å². The van der Waals surface area contributed by atoms with Crippen molar-refractivity contribution in [3.8, 4) is 0 Å². The van der Waals surface area contributed by atoms with E-state index in [1.54, 1.807) is 17.9 Å². The van der Waals surface area contributed by atoms with Gasteiger partial charge < -0.3 is 10.6 Å². The second kappa shape index (κ2) is 7.20. The van der Waals surface area contributed by atoms with Crippen LogP contribution in [0.5, 0.6) is 0 Å². The predicted octanol–water partition coefficient (Wildman–Crippen LogP) is 3.05. The Morgan fingerprint density at radius 1 is 1.20 bits per heavy atom. The molecule has 2 aromatic rings. The summed E-state index contributed by atoms with van der Waals surface area (Å²) in [6, 6.07) is 2.68. The molecular weight excluding hydrogens is 337 g/mol. The van der Waals surface area contributed by atoms with Gasteiger partial charge in [-0.15, -0.1) is 0 Å². The van der Waals surface area contributed by atoms with Crippen LogP contribution in [0, 0.1) is 0 Å². The van der Waals surface area contributed by atoms with Gasteiger partial charge in [0.05, 0.1) is 23.1 Å². The van der Waals surface area contributed by atoms with Crippen LogP contribution in [0.2, 0.25) is 0 Å². The van der Waals surface area contributed by atoms with Crippen molar-refractivity contribution in [3.05, 3.63) is 47.8 Å². The average Bonchev–Trinajstić information content (AvgIpc) is 2.91. The average molecular weight is 352 g/mol. The first-order chi connectivity index (χ1) is 11.6. The maximum atomic E-state index is 12.8. The number of alkyl halides is 3. The van der Waals surface area contributed by atoms with Crippen LogP contribution in [-0.4, -0.2) is 21.6 Å². The van der Waals surface area contributed by atoms with Gasteiger partial charge in [0.15, 0.2) is 0 Å². The van der Waals surface area contributed by atoms with Gasteiger partial charge in [0.2, 0.25) is 11.8 Å². The molecule has 0 aliphatic carbocycles. The number of rotatable bonds is 4. The van der Waals surface area contributed by atoms with E-state index in [0.29, 0.717) is 5.56 Å². The molecule has 0 saturated heterocycles. The SMILES string of the molecule is CC(=O)Nc1ccc(C(F)(F)F)cc1NC(=O)C=Cc1cnn(C)c1. The van der Waals surface area contributed by atoms with E-state index in [1.165, 1.54) is 19.2 Å². The molecule has 2 N–H and O–H groups in total.